The Bertz CT molecular complexity index is 262. The van der Waals surface area contributed by atoms with E-state index in [-0.39, 0.29) is 11.8 Å². The predicted octanol–water partition coefficient (Wildman–Crippen LogP) is 1.48. The van der Waals surface area contributed by atoms with Gasteiger partial charge in [-0.25, -0.2) is 0 Å². The molecular formula is C11H17NO2. The quantitative estimate of drug-likeness (QED) is 0.725. The van der Waals surface area contributed by atoms with E-state index >= 15 is 0 Å². The normalized spacial score (nSPS) is 34.5. The third kappa shape index (κ3) is 1.97. The molecule has 0 aromatic heterocycles. The van der Waals surface area contributed by atoms with Crippen LogP contribution in [0.3, 0.4) is 0 Å². The SMILES string of the molecule is CC(=O)NC(=O)CC1CC2CCC1C2. The average Bonchev–Trinajstić information content (AvgIpc) is 2.62. The molecule has 0 heterocycles. The van der Waals surface area contributed by atoms with Gasteiger partial charge < -0.3 is 0 Å². The summed E-state index contributed by atoms with van der Waals surface area (Å²) in [5, 5.41) is 2.35. The summed E-state index contributed by atoms with van der Waals surface area (Å²) in [5.41, 5.74) is 0. The fraction of sp³-hybridized carbons (Fsp3) is 0.818. The Morgan fingerprint density at radius 1 is 1.29 bits per heavy atom. The molecule has 14 heavy (non-hydrogen) atoms. The number of amides is 2. The zero-order valence-corrected chi connectivity index (χ0v) is 8.58. The number of rotatable bonds is 2. The summed E-state index contributed by atoms with van der Waals surface area (Å²) in [6, 6.07) is 0. The first-order valence-corrected chi connectivity index (χ1v) is 5.45. The number of nitrogens with one attached hydrogen (secondary N) is 1. The topological polar surface area (TPSA) is 46.2 Å². The maximum atomic E-state index is 11.4. The summed E-state index contributed by atoms with van der Waals surface area (Å²) in [4.78, 5) is 22.0. The van der Waals surface area contributed by atoms with E-state index < -0.39 is 0 Å². The van der Waals surface area contributed by atoms with Crippen molar-refractivity contribution in [1.82, 2.24) is 5.32 Å². The van der Waals surface area contributed by atoms with Crippen molar-refractivity contribution in [3.05, 3.63) is 0 Å². The van der Waals surface area contributed by atoms with Crippen molar-refractivity contribution in [2.45, 2.75) is 39.0 Å². The van der Waals surface area contributed by atoms with Crippen molar-refractivity contribution >= 4 is 11.8 Å². The molecule has 2 amide bonds. The Hall–Kier alpha value is -0.860. The van der Waals surface area contributed by atoms with Crippen LogP contribution in [0.5, 0.6) is 0 Å². The van der Waals surface area contributed by atoms with Gasteiger partial charge in [0.1, 0.15) is 0 Å². The van der Waals surface area contributed by atoms with Crippen molar-refractivity contribution in [3.8, 4) is 0 Å². The number of fused-ring (bicyclic) bond motifs is 2. The Labute approximate surface area is 84.2 Å². The third-order valence-corrected chi connectivity index (χ3v) is 3.65. The van der Waals surface area contributed by atoms with Gasteiger partial charge in [-0.15, -0.1) is 0 Å². The molecule has 1 N–H and O–H groups in total. The lowest BCUT2D eigenvalue weighted by molar-refractivity contribution is -0.130. The molecule has 78 valence electrons. The van der Waals surface area contributed by atoms with E-state index in [4.69, 9.17) is 0 Å². The van der Waals surface area contributed by atoms with Gasteiger partial charge in [-0.3, -0.25) is 14.9 Å². The van der Waals surface area contributed by atoms with Crippen molar-refractivity contribution < 1.29 is 9.59 Å². The third-order valence-electron chi connectivity index (χ3n) is 3.65. The summed E-state index contributed by atoms with van der Waals surface area (Å²) in [7, 11) is 0. The molecule has 3 atom stereocenters. The van der Waals surface area contributed by atoms with Crippen molar-refractivity contribution in [2.75, 3.05) is 0 Å². The Balaban J connectivity index is 1.81. The summed E-state index contributed by atoms with van der Waals surface area (Å²) in [5.74, 6) is 1.86. The highest BCUT2D eigenvalue weighted by Crippen LogP contribution is 2.49. The van der Waals surface area contributed by atoms with Crippen LogP contribution in [-0.4, -0.2) is 11.8 Å². The van der Waals surface area contributed by atoms with Crippen LogP contribution in [0.4, 0.5) is 0 Å². The fourth-order valence-electron chi connectivity index (χ4n) is 3.11. The molecule has 3 nitrogen and oxygen atoms in total. The van der Waals surface area contributed by atoms with Gasteiger partial charge in [-0.05, 0) is 37.0 Å². The minimum Gasteiger partial charge on any atom is -0.297 e. The van der Waals surface area contributed by atoms with E-state index in [1.807, 2.05) is 0 Å². The molecule has 2 aliphatic carbocycles. The summed E-state index contributed by atoms with van der Waals surface area (Å²) >= 11 is 0. The van der Waals surface area contributed by atoms with Crippen LogP contribution in [-0.2, 0) is 9.59 Å². The lowest BCUT2D eigenvalue weighted by Gasteiger charge is -2.20. The number of imide groups is 1. The lowest BCUT2D eigenvalue weighted by atomic mass is 9.86. The molecule has 2 saturated carbocycles. The predicted molar refractivity (Wildman–Crippen MR) is 52.4 cm³/mol. The van der Waals surface area contributed by atoms with E-state index in [0.717, 1.165) is 11.8 Å². The maximum Gasteiger partial charge on any atom is 0.226 e. The zero-order chi connectivity index (χ0) is 10.1. The largest absolute Gasteiger partial charge is 0.297 e. The Kier molecular flexibility index (Phi) is 2.57. The van der Waals surface area contributed by atoms with E-state index in [1.54, 1.807) is 0 Å². The van der Waals surface area contributed by atoms with Crippen molar-refractivity contribution in [3.63, 3.8) is 0 Å². The molecule has 2 fully saturated rings. The van der Waals surface area contributed by atoms with Crippen LogP contribution in [0, 0.1) is 17.8 Å². The molecule has 3 heteroatoms. The van der Waals surface area contributed by atoms with Crippen LogP contribution in [0.1, 0.15) is 39.0 Å². The van der Waals surface area contributed by atoms with Crippen LogP contribution >= 0.6 is 0 Å². The van der Waals surface area contributed by atoms with Gasteiger partial charge in [0, 0.05) is 13.3 Å². The van der Waals surface area contributed by atoms with Crippen LogP contribution < -0.4 is 5.32 Å². The number of carbonyl (C=O) groups excluding carboxylic acids is 2. The van der Waals surface area contributed by atoms with Gasteiger partial charge in [-0.1, -0.05) is 6.42 Å². The number of carbonyl (C=O) groups is 2. The molecule has 0 radical (unpaired) electrons. The number of hydrogen-bond donors (Lipinski definition) is 1. The van der Waals surface area contributed by atoms with Gasteiger partial charge in [0.15, 0.2) is 0 Å². The molecular weight excluding hydrogens is 178 g/mol. The smallest absolute Gasteiger partial charge is 0.226 e. The minimum absolute atomic E-state index is 0.0879. The summed E-state index contributed by atoms with van der Waals surface area (Å²) in [6.45, 7) is 1.39. The highest BCUT2D eigenvalue weighted by Gasteiger charge is 2.40. The van der Waals surface area contributed by atoms with Gasteiger partial charge in [0.2, 0.25) is 11.8 Å². The van der Waals surface area contributed by atoms with Gasteiger partial charge in [0.05, 0.1) is 0 Å². The first-order valence-electron chi connectivity index (χ1n) is 5.45. The fourth-order valence-corrected chi connectivity index (χ4v) is 3.11. The molecule has 3 unspecified atom stereocenters. The highest BCUT2D eigenvalue weighted by atomic mass is 16.2. The molecule has 2 rings (SSSR count). The Morgan fingerprint density at radius 3 is 2.57 bits per heavy atom. The highest BCUT2D eigenvalue weighted by molar-refractivity contribution is 5.94. The van der Waals surface area contributed by atoms with Gasteiger partial charge in [0.25, 0.3) is 0 Å². The lowest BCUT2D eigenvalue weighted by Crippen LogP contribution is -2.30. The molecule has 0 aliphatic heterocycles. The second kappa shape index (κ2) is 3.71. The van der Waals surface area contributed by atoms with E-state index in [2.05, 4.69) is 5.32 Å². The molecule has 0 spiro atoms. The monoisotopic (exact) mass is 195 g/mol. The second-order valence-electron chi connectivity index (χ2n) is 4.74. The zero-order valence-electron chi connectivity index (χ0n) is 8.58. The molecule has 2 bridgehead atoms. The maximum absolute atomic E-state index is 11.4. The van der Waals surface area contributed by atoms with Crippen molar-refractivity contribution in [1.29, 1.82) is 0 Å². The Morgan fingerprint density at radius 2 is 2.07 bits per heavy atom. The molecule has 0 aromatic rings. The summed E-state index contributed by atoms with van der Waals surface area (Å²) in [6.07, 6.45) is 5.73. The second-order valence-corrected chi connectivity index (χ2v) is 4.74. The van der Waals surface area contributed by atoms with E-state index in [1.165, 1.54) is 32.6 Å². The molecule has 0 aromatic carbocycles. The van der Waals surface area contributed by atoms with Gasteiger partial charge >= 0.3 is 0 Å². The van der Waals surface area contributed by atoms with Crippen LogP contribution in [0.15, 0.2) is 0 Å². The number of hydrogen-bond acceptors (Lipinski definition) is 2. The molecule has 0 saturated heterocycles. The first kappa shape index (κ1) is 9.69. The minimum atomic E-state index is -0.238. The van der Waals surface area contributed by atoms with Gasteiger partial charge in [-0.2, -0.15) is 0 Å². The van der Waals surface area contributed by atoms with E-state index in [0.29, 0.717) is 12.3 Å². The standard InChI is InChI=1S/C11H17NO2/c1-7(13)12-11(14)6-10-5-8-2-3-9(10)4-8/h8-10H,2-6H2,1H3,(H,12,13,14). The van der Waals surface area contributed by atoms with Crippen LogP contribution in [0.25, 0.3) is 0 Å². The average molecular weight is 195 g/mol. The van der Waals surface area contributed by atoms with Crippen LogP contribution in [0.2, 0.25) is 0 Å². The van der Waals surface area contributed by atoms with Crippen molar-refractivity contribution in [2.24, 2.45) is 17.8 Å². The first-order chi connectivity index (χ1) is 6.65. The molecule has 2 aliphatic rings. The summed E-state index contributed by atoms with van der Waals surface area (Å²) < 4.78 is 0. The van der Waals surface area contributed by atoms with E-state index in [9.17, 15) is 9.59 Å².